The Hall–Kier alpha value is -0.330. The number of carbonyl (C=O) groups excluding carboxylic acids is 1. The molecule has 1 aliphatic rings. The first-order valence-corrected chi connectivity index (χ1v) is 5.08. The lowest BCUT2D eigenvalue weighted by Gasteiger charge is -2.26. The molecule has 0 spiro atoms. The molecule has 1 rings (SSSR count). The van der Waals surface area contributed by atoms with Crippen LogP contribution in [-0.2, 0) is 4.79 Å². The van der Waals surface area contributed by atoms with E-state index >= 15 is 0 Å². The molecule has 12 heavy (non-hydrogen) atoms. The smallest absolute Gasteiger partial charge is 0.132 e. The first-order valence-electron chi connectivity index (χ1n) is 5.08. The second-order valence-corrected chi connectivity index (χ2v) is 4.67. The molecule has 0 aromatic heterocycles. The van der Waals surface area contributed by atoms with E-state index in [2.05, 4.69) is 13.8 Å². The molecule has 0 aliphatic heterocycles. The van der Waals surface area contributed by atoms with Crippen molar-refractivity contribution in [2.75, 3.05) is 0 Å². The highest BCUT2D eigenvalue weighted by atomic mass is 16.1. The predicted molar refractivity (Wildman–Crippen MR) is 51.0 cm³/mol. The van der Waals surface area contributed by atoms with Crippen LogP contribution >= 0.6 is 0 Å². The molecule has 1 nitrogen and oxygen atoms in total. The molecule has 0 saturated heterocycles. The highest BCUT2D eigenvalue weighted by Crippen LogP contribution is 2.44. The maximum Gasteiger partial charge on any atom is 0.132 e. The maximum atomic E-state index is 11.3. The summed E-state index contributed by atoms with van der Waals surface area (Å²) in [6.07, 6.45) is 5.41. The molecule has 70 valence electrons. The summed E-state index contributed by atoms with van der Waals surface area (Å²) in [6.45, 7) is 6.56. The molecule has 0 bridgehead atoms. The summed E-state index contributed by atoms with van der Waals surface area (Å²) in [4.78, 5) is 11.3. The third-order valence-corrected chi connectivity index (χ3v) is 3.35. The molecule has 0 N–H and O–H groups in total. The summed E-state index contributed by atoms with van der Waals surface area (Å²) >= 11 is 0. The Balaban J connectivity index is 2.47. The Morgan fingerprint density at radius 1 is 1.50 bits per heavy atom. The Morgan fingerprint density at radius 3 is 2.58 bits per heavy atom. The number of ketones is 1. The Morgan fingerprint density at radius 2 is 2.17 bits per heavy atom. The average Bonchev–Trinajstić information content (AvgIpc) is 2.31. The Labute approximate surface area is 75.5 Å². The maximum absolute atomic E-state index is 11.3. The second kappa shape index (κ2) is 3.59. The zero-order chi connectivity index (χ0) is 9.19. The molecule has 1 aliphatic carbocycles. The number of Topliss-reactive ketones (excluding diaryl/α,β-unsaturated/α-hetero) is 1. The summed E-state index contributed by atoms with van der Waals surface area (Å²) in [6, 6.07) is 0. The third kappa shape index (κ3) is 2.09. The lowest BCUT2D eigenvalue weighted by Crippen LogP contribution is -2.20. The fourth-order valence-electron chi connectivity index (χ4n) is 2.20. The van der Waals surface area contributed by atoms with Gasteiger partial charge in [-0.3, -0.25) is 4.79 Å². The van der Waals surface area contributed by atoms with E-state index in [-0.39, 0.29) is 0 Å². The van der Waals surface area contributed by atoms with Gasteiger partial charge >= 0.3 is 0 Å². The van der Waals surface area contributed by atoms with Gasteiger partial charge < -0.3 is 0 Å². The molecule has 0 amide bonds. The van der Waals surface area contributed by atoms with Crippen LogP contribution in [0, 0.1) is 11.3 Å². The first-order chi connectivity index (χ1) is 5.56. The van der Waals surface area contributed by atoms with Crippen molar-refractivity contribution in [1.82, 2.24) is 0 Å². The van der Waals surface area contributed by atoms with E-state index in [9.17, 15) is 4.79 Å². The van der Waals surface area contributed by atoms with Crippen LogP contribution in [0.2, 0.25) is 0 Å². The summed E-state index contributed by atoms with van der Waals surface area (Å²) in [7, 11) is 0. The molecule has 0 aromatic rings. The van der Waals surface area contributed by atoms with Gasteiger partial charge in [0.05, 0.1) is 0 Å². The number of carbonyl (C=O) groups is 1. The first kappa shape index (κ1) is 9.76. The summed E-state index contributed by atoms with van der Waals surface area (Å²) in [5.74, 6) is 1.10. The van der Waals surface area contributed by atoms with E-state index in [0.717, 1.165) is 6.42 Å². The number of hydrogen-bond acceptors (Lipinski definition) is 1. The predicted octanol–water partition coefficient (Wildman–Crippen LogP) is 3.18. The van der Waals surface area contributed by atoms with Gasteiger partial charge in [-0.05, 0) is 24.2 Å². The van der Waals surface area contributed by atoms with Gasteiger partial charge in [-0.2, -0.15) is 0 Å². The quantitative estimate of drug-likeness (QED) is 0.632. The summed E-state index contributed by atoms with van der Waals surface area (Å²) in [5.41, 5.74) is 0.421. The lowest BCUT2D eigenvalue weighted by molar-refractivity contribution is -0.120. The molecular weight excluding hydrogens is 148 g/mol. The van der Waals surface area contributed by atoms with Crippen LogP contribution in [0.4, 0.5) is 0 Å². The zero-order valence-electron chi connectivity index (χ0n) is 8.52. The summed E-state index contributed by atoms with van der Waals surface area (Å²) < 4.78 is 0. The Kier molecular flexibility index (Phi) is 2.92. The largest absolute Gasteiger partial charge is 0.300 e. The van der Waals surface area contributed by atoms with Crippen molar-refractivity contribution in [2.24, 2.45) is 11.3 Å². The molecule has 0 aromatic carbocycles. The standard InChI is InChI=1S/C11H20O/c1-4-10(12)8-9-6-5-7-11(9,2)3/h9H,4-8H2,1-3H3. The van der Waals surface area contributed by atoms with Crippen molar-refractivity contribution in [1.29, 1.82) is 0 Å². The van der Waals surface area contributed by atoms with Gasteiger partial charge in [0.2, 0.25) is 0 Å². The molecule has 1 heteroatoms. The molecule has 0 heterocycles. The van der Waals surface area contributed by atoms with Gasteiger partial charge in [-0.25, -0.2) is 0 Å². The fourth-order valence-corrected chi connectivity index (χ4v) is 2.20. The minimum atomic E-state index is 0.421. The van der Waals surface area contributed by atoms with E-state index in [1.807, 2.05) is 6.92 Å². The molecular formula is C11H20O. The molecule has 1 atom stereocenters. The lowest BCUT2D eigenvalue weighted by atomic mass is 9.79. The molecule has 0 radical (unpaired) electrons. The van der Waals surface area contributed by atoms with Crippen molar-refractivity contribution in [3.63, 3.8) is 0 Å². The van der Waals surface area contributed by atoms with Gasteiger partial charge in [-0.15, -0.1) is 0 Å². The van der Waals surface area contributed by atoms with Gasteiger partial charge in [0.15, 0.2) is 0 Å². The van der Waals surface area contributed by atoms with E-state index in [4.69, 9.17) is 0 Å². The van der Waals surface area contributed by atoms with Gasteiger partial charge in [0.1, 0.15) is 5.78 Å². The van der Waals surface area contributed by atoms with Crippen LogP contribution in [-0.4, -0.2) is 5.78 Å². The van der Waals surface area contributed by atoms with Crippen molar-refractivity contribution in [3.8, 4) is 0 Å². The van der Waals surface area contributed by atoms with Gasteiger partial charge in [-0.1, -0.05) is 27.2 Å². The molecule has 1 saturated carbocycles. The van der Waals surface area contributed by atoms with Crippen LogP contribution in [0.5, 0.6) is 0 Å². The van der Waals surface area contributed by atoms with E-state index < -0.39 is 0 Å². The number of hydrogen-bond donors (Lipinski definition) is 0. The molecule has 1 fully saturated rings. The monoisotopic (exact) mass is 168 g/mol. The minimum Gasteiger partial charge on any atom is -0.300 e. The SMILES string of the molecule is CCC(=O)CC1CCCC1(C)C. The molecule has 1 unspecified atom stereocenters. The highest BCUT2D eigenvalue weighted by Gasteiger charge is 2.34. The van der Waals surface area contributed by atoms with Gasteiger partial charge in [0.25, 0.3) is 0 Å². The third-order valence-electron chi connectivity index (χ3n) is 3.35. The van der Waals surface area contributed by atoms with E-state index in [1.165, 1.54) is 19.3 Å². The topological polar surface area (TPSA) is 17.1 Å². The average molecular weight is 168 g/mol. The summed E-state index contributed by atoms with van der Waals surface area (Å²) in [5, 5.41) is 0. The number of rotatable bonds is 3. The fraction of sp³-hybridized carbons (Fsp3) is 0.909. The van der Waals surface area contributed by atoms with E-state index in [0.29, 0.717) is 23.5 Å². The van der Waals surface area contributed by atoms with Crippen LogP contribution in [0.15, 0.2) is 0 Å². The highest BCUT2D eigenvalue weighted by molar-refractivity contribution is 5.78. The zero-order valence-corrected chi connectivity index (χ0v) is 8.52. The van der Waals surface area contributed by atoms with Crippen molar-refractivity contribution in [2.45, 2.75) is 52.9 Å². The van der Waals surface area contributed by atoms with Crippen LogP contribution in [0.1, 0.15) is 52.9 Å². The van der Waals surface area contributed by atoms with Crippen LogP contribution < -0.4 is 0 Å². The Bertz CT molecular complexity index is 170. The van der Waals surface area contributed by atoms with Crippen molar-refractivity contribution in [3.05, 3.63) is 0 Å². The van der Waals surface area contributed by atoms with Crippen LogP contribution in [0.3, 0.4) is 0 Å². The van der Waals surface area contributed by atoms with E-state index in [1.54, 1.807) is 0 Å². The second-order valence-electron chi connectivity index (χ2n) is 4.67. The van der Waals surface area contributed by atoms with Crippen molar-refractivity contribution >= 4 is 5.78 Å². The normalized spacial score (nSPS) is 27.4. The van der Waals surface area contributed by atoms with Crippen LogP contribution in [0.25, 0.3) is 0 Å². The van der Waals surface area contributed by atoms with Crippen molar-refractivity contribution < 1.29 is 4.79 Å². The minimum absolute atomic E-state index is 0.421. The van der Waals surface area contributed by atoms with Gasteiger partial charge in [0, 0.05) is 12.8 Å².